The summed E-state index contributed by atoms with van der Waals surface area (Å²) in [6.07, 6.45) is 2.65. The summed E-state index contributed by atoms with van der Waals surface area (Å²) in [5.41, 5.74) is 10.9. The number of hydrogen-bond donors (Lipinski definition) is 6. The van der Waals surface area contributed by atoms with Crippen molar-refractivity contribution in [2.75, 3.05) is 25.2 Å². The maximum atomic E-state index is 12.6. The van der Waals surface area contributed by atoms with Crippen LogP contribution in [0.3, 0.4) is 0 Å². The molecule has 13 heteroatoms. The molecule has 1 aliphatic rings. The molecule has 0 aromatic rings. The number of nitrogens with zero attached hydrogens (tertiary/aromatic N) is 1. The van der Waals surface area contributed by atoms with Gasteiger partial charge in [0.15, 0.2) is 0 Å². The topological polar surface area (TPSA) is 205 Å². The molecule has 170 valence electrons. The Morgan fingerprint density at radius 1 is 1.20 bits per heavy atom. The van der Waals surface area contributed by atoms with E-state index in [9.17, 15) is 29.1 Å². The number of nitrogens with two attached hydrogens (primary N) is 2. The number of primary amides is 1. The predicted molar refractivity (Wildman–Crippen MR) is 108 cm³/mol. The van der Waals surface area contributed by atoms with E-state index in [0.29, 0.717) is 31.6 Å². The number of hydrogen-bond acceptors (Lipinski definition) is 8. The summed E-state index contributed by atoms with van der Waals surface area (Å²) in [6, 6.07) is -4.65. The van der Waals surface area contributed by atoms with Crippen LogP contribution < -0.4 is 22.1 Å². The Morgan fingerprint density at radius 3 is 2.40 bits per heavy atom. The molecule has 4 atom stereocenters. The summed E-state index contributed by atoms with van der Waals surface area (Å²) in [6.45, 7) is -0.464. The zero-order valence-electron chi connectivity index (χ0n) is 16.7. The van der Waals surface area contributed by atoms with Crippen LogP contribution in [0, 0.1) is 0 Å². The summed E-state index contributed by atoms with van der Waals surface area (Å²) in [5, 5.41) is 22.9. The van der Waals surface area contributed by atoms with Crippen molar-refractivity contribution in [3.05, 3.63) is 0 Å². The summed E-state index contributed by atoms with van der Waals surface area (Å²) in [7, 11) is 0. The number of carbonyl (C=O) groups is 5. The molecular formula is C17H29N5O7S. The predicted octanol–water partition coefficient (Wildman–Crippen LogP) is -3.02. The van der Waals surface area contributed by atoms with E-state index in [0.717, 1.165) is 0 Å². The minimum atomic E-state index is -1.60. The number of carboxylic acids is 1. The van der Waals surface area contributed by atoms with Crippen molar-refractivity contribution >= 4 is 41.4 Å². The molecule has 0 saturated carbocycles. The lowest BCUT2D eigenvalue weighted by Gasteiger charge is -2.28. The number of carboxylic acid groups (broad SMARTS) is 1. The Balaban J connectivity index is 2.76. The molecule has 1 saturated heterocycles. The fourth-order valence-electron chi connectivity index (χ4n) is 3.02. The van der Waals surface area contributed by atoms with Gasteiger partial charge in [0.25, 0.3) is 0 Å². The SMILES string of the molecule is CSCCC(N)C(=O)N1CCCC1C(=O)NC(CO)C(=O)NC(CC(N)=O)C(=O)O. The Hall–Kier alpha value is -2.38. The van der Waals surface area contributed by atoms with Crippen LogP contribution in [0.2, 0.25) is 0 Å². The van der Waals surface area contributed by atoms with Gasteiger partial charge in [-0.2, -0.15) is 11.8 Å². The molecule has 1 heterocycles. The molecule has 1 fully saturated rings. The molecule has 0 radical (unpaired) electrons. The highest BCUT2D eigenvalue weighted by molar-refractivity contribution is 7.98. The maximum absolute atomic E-state index is 12.6. The molecule has 0 bridgehead atoms. The van der Waals surface area contributed by atoms with Gasteiger partial charge in [0, 0.05) is 6.54 Å². The molecule has 1 aliphatic heterocycles. The average Bonchev–Trinajstić information content (AvgIpc) is 3.18. The Morgan fingerprint density at radius 2 is 1.87 bits per heavy atom. The van der Waals surface area contributed by atoms with Gasteiger partial charge in [0.2, 0.25) is 23.6 Å². The lowest BCUT2D eigenvalue weighted by molar-refractivity contribution is -0.144. The molecule has 8 N–H and O–H groups in total. The smallest absolute Gasteiger partial charge is 0.326 e. The Bertz CT molecular complexity index is 662. The third-order valence-corrected chi connectivity index (χ3v) is 5.27. The second kappa shape index (κ2) is 12.3. The summed E-state index contributed by atoms with van der Waals surface area (Å²) in [5.74, 6) is -3.75. The highest BCUT2D eigenvalue weighted by atomic mass is 32.2. The van der Waals surface area contributed by atoms with Crippen LogP contribution in [-0.2, 0) is 24.0 Å². The van der Waals surface area contributed by atoms with Crippen molar-refractivity contribution in [1.29, 1.82) is 0 Å². The van der Waals surface area contributed by atoms with Gasteiger partial charge >= 0.3 is 5.97 Å². The number of rotatable bonds is 12. The highest BCUT2D eigenvalue weighted by Gasteiger charge is 2.37. The van der Waals surface area contributed by atoms with Gasteiger partial charge in [-0.25, -0.2) is 4.79 Å². The minimum absolute atomic E-state index is 0.347. The average molecular weight is 448 g/mol. The van der Waals surface area contributed by atoms with Crippen LogP contribution in [0.5, 0.6) is 0 Å². The standard InChI is InChI=1S/C17H29N5O7S/c1-30-6-4-9(18)16(27)22-5-2-3-12(22)15(26)21-11(8-23)14(25)20-10(17(28)29)7-13(19)24/h9-12,23H,2-8,18H2,1H3,(H2,19,24)(H,20,25)(H,21,26)(H,28,29). The third-order valence-electron chi connectivity index (χ3n) is 4.62. The molecule has 0 aromatic heterocycles. The van der Waals surface area contributed by atoms with E-state index in [1.165, 1.54) is 4.90 Å². The molecule has 12 nitrogen and oxygen atoms in total. The zero-order chi connectivity index (χ0) is 22.8. The van der Waals surface area contributed by atoms with Gasteiger partial charge < -0.3 is 37.2 Å². The first-order valence-electron chi connectivity index (χ1n) is 9.40. The molecule has 30 heavy (non-hydrogen) atoms. The number of aliphatic hydroxyl groups excluding tert-OH is 1. The normalized spacial score (nSPS) is 18.9. The van der Waals surface area contributed by atoms with Gasteiger partial charge in [-0.3, -0.25) is 19.2 Å². The first-order chi connectivity index (χ1) is 14.1. The Labute approximate surface area is 178 Å². The van der Waals surface area contributed by atoms with E-state index in [2.05, 4.69) is 10.6 Å². The van der Waals surface area contributed by atoms with Crippen LogP contribution in [-0.4, -0.2) is 94.0 Å². The van der Waals surface area contributed by atoms with Crippen molar-refractivity contribution < 1.29 is 34.2 Å². The lowest BCUT2D eigenvalue weighted by Crippen LogP contribution is -2.57. The van der Waals surface area contributed by atoms with Crippen LogP contribution in [0.15, 0.2) is 0 Å². The maximum Gasteiger partial charge on any atom is 0.326 e. The van der Waals surface area contributed by atoms with Gasteiger partial charge in [0.1, 0.15) is 18.1 Å². The molecular weight excluding hydrogens is 418 g/mol. The number of aliphatic carboxylic acids is 1. The van der Waals surface area contributed by atoms with E-state index in [4.69, 9.17) is 16.6 Å². The first kappa shape index (κ1) is 25.7. The zero-order valence-corrected chi connectivity index (χ0v) is 17.5. The summed E-state index contributed by atoms with van der Waals surface area (Å²) >= 11 is 1.55. The molecule has 0 spiro atoms. The van der Waals surface area contributed by atoms with Crippen molar-refractivity contribution in [2.45, 2.75) is 49.9 Å². The second-order valence-electron chi connectivity index (χ2n) is 6.89. The van der Waals surface area contributed by atoms with Crippen LogP contribution >= 0.6 is 11.8 Å². The Kier molecular flexibility index (Phi) is 10.6. The number of aliphatic hydroxyl groups is 1. The van der Waals surface area contributed by atoms with E-state index in [1.54, 1.807) is 11.8 Å². The van der Waals surface area contributed by atoms with Gasteiger partial charge in [0.05, 0.1) is 19.1 Å². The van der Waals surface area contributed by atoms with Gasteiger partial charge in [-0.15, -0.1) is 0 Å². The summed E-state index contributed by atoms with van der Waals surface area (Å²) < 4.78 is 0. The molecule has 1 rings (SSSR count). The van der Waals surface area contributed by atoms with Crippen molar-refractivity contribution in [1.82, 2.24) is 15.5 Å². The second-order valence-corrected chi connectivity index (χ2v) is 7.88. The number of thioether (sulfide) groups is 1. The number of amides is 4. The number of likely N-dealkylation sites (tertiary alicyclic amines) is 1. The molecule has 0 aromatic carbocycles. The molecule has 4 unspecified atom stereocenters. The van der Waals surface area contributed by atoms with Crippen LogP contribution in [0.25, 0.3) is 0 Å². The monoisotopic (exact) mass is 447 g/mol. The first-order valence-corrected chi connectivity index (χ1v) is 10.8. The lowest BCUT2D eigenvalue weighted by atomic mass is 10.1. The van der Waals surface area contributed by atoms with Crippen molar-refractivity contribution in [2.24, 2.45) is 11.5 Å². The van der Waals surface area contributed by atoms with Crippen molar-refractivity contribution in [3.63, 3.8) is 0 Å². The number of carbonyl (C=O) groups excluding carboxylic acids is 4. The van der Waals surface area contributed by atoms with Gasteiger partial charge in [-0.1, -0.05) is 0 Å². The number of nitrogens with one attached hydrogen (secondary N) is 2. The quantitative estimate of drug-likeness (QED) is 0.180. The van der Waals surface area contributed by atoms with E-state index in [1.807, 2.05) is 6.26 Å². The van der Waals surface area contributed by atoms with Crippen LogP contribution in [0.1, 0.15) is 25.7 Å². The fourth-order valence-corrected chi connectivity index (χ4v) is 3.51. The van der Waals surface area contributed by atoms with E-state index >= 15 is 0 Å². The highest BCUT2D eigenvalue weighted by Crippen LogP contribution is 2.19. The summed E-state index contributed by atoms with van der Waals surface area (Å²) in [4.78, 5) is 60.9. The fraction of sp³-hybridized carbons (Fsp3) is 0.706. The van der Waals surface area contributed by atoms with E-state index in [-0.39, 0.29) is 5.91 Å². The minimum Gasteiger partial charge on any atom is -0.480 e. The largest absolute Gasteiger partial charge is 0.480 e. The third kappa shape index (κ3) is 7.46. The van der Waals surface area contributed by atoms with Crippen molar-refractivity contribution in [3.8, 4) is 0 Å². The van der Waals surface area contributed by atoms with Gasteiger partial charge in [-0.05, 0) is 31.3 Å². The molecule has 0 aliphatic carbocycles. The van der Waals surface area contributed by atoms with E-state index < -0.39 is 60.9 Å². The molecule has 4 amide bonds. The van der Waals surface area contributed by atoms with Crippen LogP contribution in [0.4, 0.5) is 0 Å².